The van der Waals surface area contributed by atoms with E-state index in [0.717, 1.165) is 0 Å². The predicted octanol–water partition coefficient (Wildman–Crippen LogP) is 1.52. The summed E-state index contributed by atoms with van der Waals surface area (Å²) < 4.78 is 10.1. The minimum Gasteiger partial charge on any atom is -0.493 e. The molecule has 25 heavy (non-hydrogen) atoms. The number of para-hydroxylation sites is 1. The zero-order valence-corrected chi connectivity index (χ0v) is 15.1. The maximum atomic E-state index is 12.2. The number of hydrogen-bond donors (Lipinski definition) is 2. The Bertz CT molecular complexity index is 601. The molecular formula is C18H26N2O5. The third-order valence-corrected chi connectivity index (χ3v) is 3.37. The van der Waals surface area contributed by atoms with Crippen molar-refractivity contribution in [2.75, 3.05) is 20.3 Å². The standard InChI is InChI=1S/C18H26N2O5/c1-5-25-15-9-7-6-8-13(15)17(22)19-11-16(21)20-14(10-12(2)3)18(23)24-4/h6-9,12,14H,5,10-11H2,1-4H3,(H,19,22)(H,20,21). The third-order valence-electron chi connectivity index (χ3n) is 3.37. The van der Waals surface area contributed by atoms with Crippen LogP contribution in [0.15, 0.2) is 24.3 Å². The molecule has 0 aromatic heterocycles. The first-order valence-electron chi connectivity index (χ1n) is 8.26. The lowest BCUT2D eigenvalue weighted by Gasteiger charge is -2.18. The molecule has 7 heteroatoms. The maximum absolute atomic E-state index is 12.2. The number of hydrogen-bond acceptors (Lipinski definition) is 5. The molecule has 1 unspecified atom stereocenters. The van der Waals surface area contributed by atoms with Gasteiger partial charge < -0.3 is 20.1 Å². The quantitative estimate of drug-likeness (QED) is 0.659. The Morgan fingerprint density at radius 3 is 2.44 bits per heavy atom. The number of rotatable bonds is 9. The van der Waals surface area contributed by atoms with Crippen LogP contribution in [0.25, 0.3) is 0 Å². The first-order valence-corrected chi connectivity index (χ1v) is 8.26. The van der Waals surface area contributed by atoms with E-state index in [-0.39, 0.29) is 12.5 Å². The largest absolute Gasteiger partial charge is 0.493 e. The van der Waals surface area contributed by atoms with E-state index in [4.69, 9.17) is 9.47 Å². The molecule has 0 spiro atoms. The van der Waals surface area contributed by atoms with E-state index in [1.165, 1.54) is 7.11 Å². The number of methoxy groups -OCH3 is 1. The van der Waals surface area contributed by atoms with Crippen LogP contribution in [-0.2, 0) is 14.3 Å². The third kappa shape index (κ3) is 6.82. The van der Waals surface area contributed by atoms with Crippen molar-refractivity contribution in [1.82, 2.24) is 10.6 Å². The molecule has 0 aliphatic rings. The van der Waals surface area contributed by atoms with Gasteiger partial charge in [-0.05, 0) is 31.4 Å². The maximum Gasteiger partial charge on any atom is 0.328 e. The number of esters is 1. The summed E-state index contributed by atoms with van der Waals surface area (Å²) in [5.74, 6) is -0.724. The van der Waals surface area contributed by atoms with Gasteiger partial charge in [0, 0.05) is 0 Å². The van der Waals surface area contributed by atoms with E-state index in [9.17, 15) is 14.4 Å². The zero-order valence-electron chi connectivity index (χ0n) is 15.1. The van der Waals surface area contributed by atoms with Crippen molar-refractivity contribution < 1.29 is 23.9 Å². The lowest BCUT2D eigenvalue weighted by Crippen LogP contribution is -2.46. The van der Waals surface area contributed by atoms with Crippen molar-refractivity contribution in [2.45, 2.75) is 33.2 Å². The van der Waals surface area contributed by atoms with Crippen LogP contribution < -0.4 is 15.4 Å². The molecule has 1 aromatic rings. The normalized spacial score (nSPS) is 11.6. The molecule has 1 rings (SSSR count). The number of nitrogens with one attached hydrogen (secondary N) is 2. The summed E-state index contributed by atoms with van der Waals surface area (Å²) in [5.41, 5.74) is 0.351. The molecule has 1 atom stereocenters. The molecule has 0 radical (unpaired) electrons. The van der Waals surface area contributed by atoms with E-state index in [1.807, 2.05) is 20.8 Å². The number of carbonyl (C=O) groups excluding carboxylic acids is 3. The highest BCUT2D eigenvalue weighted by Crippen LogP contribution is 2.17. The number of ether oxygens (including phenoxy) is 2. The van der Waals surface area contributed by atoms with E-state index in [0.29, 0.717) is 24.3 Å². The number of benzene rings is 1. The van der Waals surface area contributed by atoms with Crippen LogP contribution in [0.2, 0.25) is 0 Å². The van der Waals surface area contributed by atoms with Crippen LogP contribution in [0.3, 0.4) is 0 Å². The summed E-state index contributed by atoms with van der Waals surface area (Å²) >= 11 is 0. The van der Waals surface area contributed by atoms with Crippen molar-refractivity contribution in [2.24, 2.45) is 5.92 Å². The van der Waals surface area contributed by atoms with Gasteiger partial charge in [-0.25, -0.2) is 4.79 Å². The smallest absolute Gasteiger partial charge is 0.328 e. The van der Waals surface area contributed by atoms with Gasteiger partial charge in [0.25, 0.3) is 5.91 Å². The molecule has 0 aliphatic carbocycles. The Labute approximate surface area is 148 Å². The Kier molecular flexibility index (Phi) is 8.46. The van der Waals surface area contributed by atoms with Gasteiger partial charge in [0.05, 0.1) is 25.8 Å². The molecule has 0 saturated heterocycles. The predicted molar refractivity (Wildman–Crippen MR) is 93.3 cm³/mol. The monoisotopic (exact) mass is 350 g/mol. The Hall–Kier alpha value is -2.57. The fraction of sp³-hybridized carbons (Fsp3) is 0.500. The second-order valence-electron chi connectivity index (χ2n) is 5.88. The van der Waals surface area contributed by atoms with E-state index in [1.54, 1.807) is 24.3 Å². The topological polar surface area (TPSA) is 93.7 Å². The average Bonchev–Trinajstić information content (AvgIpc) is 2.58. The van der Waals surface area contributed by atoms with Gasteiger partial charge in [0.1, 0.15) is 11.8 Å². The van der Waals surface area contributed by atoms with Gasteiger partial charge in [0.15, 0.2) is 0 Å². The van der Waals surface area contributed by atoms with Gasteiger partial charge in [-0.1, -0.05) is 26.0 Å². The Morgan fingerprint density at radius 1 is 1.16 bits per heavy atom. The number of carbonyl (C=O) groups is 3. The summed E-state index contributed by atoms with van der Waals surface area (Å²) in [4.78, 5) is 36.0. The van der Waals surface area contributed by atoms with Gasteiger partial charge in [0.2, 0.25) is 5.91 Å². The highest BCUT2D eigenvalue weighted by molar-refractivity contribution is 5.99. The highest BCUT2D eigenvalue weighted by Gasteiger charge is 2.23. The van der Waals surface area contributed by atoms with E-state index >= 15 is 0 Å². The molecule has 2 N–H and O–H groups in total. The molecule has 138 valence electrons. The van der Waals surface area contributed by atoms with E-state index in [2.05, 4.69) is 10.6 Å². The van der Waals surface area contributed by atoms with Crippen molar-refractivity contribution in [3.8, 4) is 5.75 Å². The van der Waals surface area contributed by atoms with Crippen LogP contribution in [0.5, 0.6) is 5.75 Å². The molecule has 0 fully saturated rings. The average molecular weight is 350 g/mol. The molecule has 0 bridgehead atoms. The van der Waals surface area contributed by atoms with Crippen LogP contribution in [-0.4, -0.2) is 44.1 Å². The van der Waals surface area contributed by atoms with Crippen molar-refractivity contribution >= 4 is 17.8 Å². The summed E-state index contributed by atoms with van der Waals surface area (Å²) in [6, 6.07) is 6.06. The fourth-order valence-corrected chi connectivity index (χ4v) is 2.26. The summed E-state index contributed by atoms with van der Waals surface area (Å²) in [6.45, 7) is 5.89. The first kappa shape index (κ1) is 20.5. The molecule has 7 nitrogen and oxygen atoms in total. The van der Waals surface area contributed by atoms with Crippen LogP contribution in [0.4, 0.5) is 0 Å². The Morgan fingerprint density at radius 2 is 1.84 bits per heavy atom. The molecule has 0 saturated carbocycles. The second-order valence-corrected chi connectivity index (χ2v) is 5.88. The lowest BCUT2D eigenvalue weighted by atomic mass is 10.0. The van der Waals surface area contributed by atoms with Gasteiger partial charge in [-0.2, -0.15) is 0 Å². The highest BCUT2D eigenvalue weighted by atomic mass is 16.5. The van der Waals surface area contributed by atoms with Crippen molar-refractivity contribution in [3.63, 3.8) is 0 Å². The molecule has 1 aromatic carbocycles. The zero-order chi connectivity index (χ0) is 18.8. The summed E-state index contributed by atoms with van der Waals surface area (Å²) in [6.07, 6.45) is 0.458. The SMILES string of the molecule is CCOc1ccccc1C(=O)NCC(=O)NC(CC(C)C)C(=O)OC. The van der Waals surface area contributed by atoms with Gasteiger partial charge in [-0.3, -0.25) is 9.59 Å². The van der Waals surface area contributed by atoms with Gasteiger partial charge >= 0.3 is 5.97 Å². The number of amides is 2. The first-order chi connectivity index (χ1) is 11.9. The van der Waals surface area contributed by atoms with E-state index < -0.39 is 23.8 Å². The van der Waals surface area contributed by atoms with Crippen LogP contribution >= 0.6 is 0 Å². The lowest BCUT2D eigenvalue weighted by molar-refractivity contribution is -0.145. The molecule has 0 aliphatic heterocycles. The van der Waals surface area contributed by atoms with Gasteiger partial charge in [-0.15, -0.1) is 0 Å². The minimum atomic E-state index is -0.731. The van der Waals surface area contributed by atoms with Crippen LogP contribution in [0.1, 0.15) is 37.6 Å². The summed E-state index contributed by atoms with van der Waals surface area (Å²) in [7, 11) is 1.27. The summed E-state index contributed by atoms with van der Waals surface area (Å²) in [5, 5.41) is 5.12. The minimum absolute atomic E-state index is 0.206. The van der Waals surface area contributed by atoms with Crippen molar-refractivity contribution in [3.05, 3.63) is 29.8 Å². The molecular weight excluding hydrogens is 324 g/mol. The molecule has 2 amide bonds. The Balaban J connectivity index is 2.63. The second kappa shape index (κ2) is 10.3. The molecule has 0 heterocycles. The van der Waals surface area contributed by atoms with Crippen molar-refractivity contribution in [1.29, 1.82) is 0 Å². The van der Waals surface area contributed by atoms with Crippen LogP contribution in [0, 0.1) is 5.92 Å². The fourth-order valence-electron chi connectivity index (χ4n) is 2.26.